The van der Waals surface area contributed by atoms with E-state index < -0.39 is 0 Å². The molecule has 2 rings (SSSR count). The highest BCUT2D eigenvalue weighted by Gasteiger charge is 2.07. The van der Waals surface area contributed by atoms with Crippen LogP contribution in [0.4, 0.5) is 0 Å². The normalized spacial score (nSPS) is 11.5. The molecule has 5 nitrogen and oxygen atoms in total. The summed E-state index contributed by atoms with van der Waals surface area (Å²) in [4.78, 5) is 12.0. The predicted molar refractivity (Wildman–Crippen MR) is 86.3 cm³/mol. The summed E-state index contributed by atoms with van der Waals surface area (Å²) < 4.78 is 1.28. The predicted octanol–water partition coefficient (Wildman–Crippen LogP) is 2.67. The molecule has 0 aliphatic rings. The van der Waals surface area contributed by atoms with Gasteiger partial charge in [0, 0.05) is 0 Å². The van der Waals surface area contributed by atoms with Crippen LogP contribution in [0.2, 0.25) is 0 Å². The molecule has 0 saturated heterocycles. The van der Waals surface area contributed by atoms with E-state index in [2.05, 4.69) is 41.3 Å². The average Bonchev–Trinajstić information content (AvgIpc) is 2.49. The van der Waals surface area contributed by atoms with Gasteiger partial charge in [0.2, 0.25) is 5.16 Å². The fraction of sp³-hybridized carbons (Fsp3) is 0.333. The molecule has 110 valence electrons. The van der Waals surface area contributed by atoms with Crippen molar-refractivity contribution in [3.8, 4) is 0 Å². The molecule has 0 saturated carbocycles. The van der Waals surface area contributed by atoms with Crippen LogP contribution in [0.5, 0.6) is 0 Å². The second kappa shape index (κ2) is 6.67. The van der Waals surface area contributed by atoms with Gasteiger partial charge in [-0.15, -0.1) is 10.2 Å². The molecule has 0 atom stereocenters. The van der Waals surface area contributed by atoms with Gasteiger partial charge < -0.3 is 0 Å². The summed E-state index contributed by atoms with van der Waals surface area (Å²) >= 11 is 1.34. The van der Waals surface area contributed by atoms with E-state index in [0.29, 0.717) is 16.8 Å². The highest BCUT2D eigenvalue weighted by atomic mass is 32.2. The van der Waals surface area contributed by atoms with Gasteiger partial charge in [-0.25, -0.2) is 0 Å². The van der Waals surface area contributed by atoms with Crippen LogP contribution in [0, 0.1) is 6.92 Å². The first kappa shape index (κ1) is 15.4. The van der Waals surface area contributed by atoms with E-state index >= 15 is 0 Å². The lowest BCUT2D eigenvalue weighted by molar-refractivity contribution is 0.635. The zero-order valence-electron chi connectivity index (χ0n) is 12.6. The molecule has 2 aromatic rings. The first-order valence-corrected chi connectivity index (χ1v) is 7.90. The van der Waals surface area contributed by atoms with E-state index in [1.165, 1.54) is 22.0 Å². The third kappa shape index (κ3) is 3.58. The summed E-state index contributed by atoms with van der Waals surface area (Å²) in [5.74, 6) is 0.494. The van der Waals surface area contributed by atoms with Gasteiger partial charge in [0.05, 0.1) is 6.21 Å². The maximum atomic E-state index is 12.0. The van der Waals surface area contributed by atoms with E-state index in [1.54, 1.807) is 13.1 Å². The Morgan fingerprint density at radius 2 is 1.90 bits per heavy atom. The van der Waals surface area contributed by atoms with Crippen molar-refractivity contribution in [3.63, 3.8) is 0 Å². The monoisotopic (exact) mass is 302 g/mol. The fourth-order valence-electron chi connectivity index (χ4n) is 1.76. The average molecular weight is 302 g/mol. The Labute approximate surface area is 128 Å². The Morgan fingerprint density at radius 1 is 1.24 bits per heavy atom. The van der Waals surface area contributed by atoms with Crippen molar-refractivity contribution in [3.05, 3.63) is 51.4 Å². The van der Waals surface area contributed by atoms with Crippen LogP contribution in [-0.4, -0.2) is 27.3 Å². The molecular formula is C15H18N4OS. The molecule has 0 radical (unpaired) electrons. The summed E-state index contributed by atoms with van der Waals surface area (Å²) in [6, 6.07) is 8.12. The van der Waals surface area contributed by atoms with Crippen LogP contribution in [0.1, 0.15) is 36.6 Å². The van der Waals surface area contributed by atoms with E-state index in [0.717, 1.165) is 5.56 Å². The molecule has 1 aromatic carbocycles. The Morgan fingerprint density at radius 3 is 2.48 bits per heavy atom. The smallest absolute Gasteiger partial charge is 0.265 e. The van der Waals surface area contributed by atoms with Crippen molar-refractivity contribution in [2.45, 2.75) is 31.8 Å². The first-order chi connectivity index (χ1) is 10.0. The van der Waals surface area contributed by atoms with Gasteiger partial charge >= 0.3 is 0 Å². The molecule has 0 aliphatic carbocycles. The Kier molecular flexibility index (Phi) is 4.90. The van der Waals surface area contributed by atoms with Gasteiger partial charge in [0.1, 0.15) is 5.69 Å². The lowest BCUT2D eigenvalue weighted by Gasteiger charge is -2.05. The van der Waals surface area contributed by atoms with E-state index in [-0.39, 0.29) is 5.56 Å². The van der Waals surface area contributed by atoms with Crippen molar-refractivity contribution in [1.29, 1.82) is 0 Å². The van der Waals surface area contributed by atoms with E-state index in [1.807, 2.05) is 18.4 Å². The van der Waals surface area contributed by atoms with Gasteiger partial charge in [-0.05, 0) is 30.2 Å². The molecule has 0 N–H and O–H groups in total. The van der Waals surface area contributed by atoms with Crippen LogP contribution >= 0.6 is 11.8 Å². The quantitative estimate of drug-likeness (QED) is 0.643. The highest BCUT2D eigenvalue weighted by molar-refractivity contribution is 7.98. The number of rotatable bonds is 4. The number of aromatic nitrogens is 3. The number of hydrogen-bond acceptors (Lipinski definition) is 5. The fourth-order valence-corrected chi connectivity index (χ4v) is 2.19. The number of aryl methyl sites for hydroxylation is 1. The Balaban J connectivity index is 2.33. The van der Waals surface area contributed by atoms with Crippen molar-refractivity contribution in [2.75, 3.05) is 6.26 Å². The summed E-state index contributed by atoms with van der Waals surface area (Å²) in [6.45, 7) is 5.93. The zero-order chi connectivity index (χ0) is 15.4. The van der Waals surface area contributed by atoms with Gasteiger partial charge in [-0.2, -0.15) is 9.78 Å². The molecule has 0 spiro atoms. The SMILES string of the molecule is CSc1nnc(C)c(=O)n1/N=C\c1ccc(C(C)C)cc1. The molecule has 6 heteroatoms. The Bertz CT molecular complexity index is 705. The van der Waals surface area contributed by atoms with Crippen LogP contribution in [0.3, 0.4) is 0 Å². The summed E-state index contributed by atoms with van der Waals surface area (Å²) in [7, 11) is 0. The van der Waals surface area contributed by atoms with E-state index in [9.17, 15) is 4.79 Å². The highest BCUT2D eigenvalue weighted by Crippen LogP contribution is 2.14. The van der Waals surface area contributed by atoms with Crippen molar-refractivity contribution < 1.29 is 0 Å². The van der Waals surface area contributed by atoms with E-state index in [4.69, 9.17) is 0 Å². The number of thioether (sulfide) groups is 1. The van der Waals surface area contributed by atoms with Crippen molar-refractivity contribution in [2.24, 2.45) is 5.10 Å². The maximum absolute atomic E-state index is 12.0. The third-order valence-corrected chi connectivity index (χ3v) is 3.70. The molecule has 21 heavy (non-hydrogen) atoms. The minimum atomic E-state index is -0.246. The topological polar surface area (TPSA) is 60.1 Å². The minimum Gasteiger partial charge on any atom is -0.265 e. The van der Waals surface area contributed by atoms with Crippen molar-refractivity contribution in [1.82, 2.24) is 14.9 Å². The summed E-state index contributed by atoms with van der Waals surface area (Å²) in [5, 5.41) is 12.5. The molecule has 0 unspecified atom stereocenters. The number of hydrogen-bond donors (Lipinski definition) is 0. The van der Waals surface area contributed by atoms with Crippen LogP contribution in [-0.2, 0) is 0 Å². The second-order valence-corrected chi connectivity index (χ2v) is 5.73. The van der Waals surface area contributed by atoms with Crippen LogP contribution in [0.25, 0.3) is 0 Å². The van der Waals surface area contributed by atoms with Gasteiger partial charge in [-0.1, -0.05) is 49.9 Å². The molecule has 0 fully saturated rings. The molecule has 0 amide bonds. The zero-order valence-corrected chi connectivity index (χ0v) is 13.4. The lowest BCUT2D eigenvalue weighted by atomic mass is 10.0. The van der Waals surface area contributed by atoms with Gasteiger partial charge in [-0.3, -0.25) is 4.79 Å². The van der Waals surface area contributed by atoms with Crippen LogP contribution in [0.15, 0.2) is 39.3 Å². The number of benzene rings is 1. The number of nitrogens with zero attached hydrogens (tertiary/aromatic N) is 4. The standard InChI is InChI=1S/C15H18N4OS/c1-10(2)13-7-5-12(6-8-13)9-16-19-14(20)11(3)17-18-15(19)21-4/h5-10H,1-4H3/b16-9-. The minimum absolute atomic E-state index is 0.246. The Hall–Kier alpha value is -1.95. The molecule has 1 heterocycles. The summed E-state index contributed by atoms with van der Waals surface area (Å²) in [5.41, 5.74) is 2.30. The third-order valence-electron chi connectivity index (χ3n) is 3.08. The first-order valence-electron chi connectivity index (χ1n) is 6.67. The van der Waals surface area contributed by atoms with Gasteiger partial charge in [0.15, 0.2) is 0 Å². The maximum Gasteiger partial charge on any atom is 0.296 e. The second-order valence-electron chi connectivity index (χ2n) is 4.96. The molecular weight excluding hydrogens is 284 g/mol. The van der Waals surface area contributed by atoms with Crippen LogP contribution < -0.4 is 5.56 Å². The van der Waals surface area contributed by atoms with Gasteiger partial charge in [0.25, 0.3) is 5.56 Å². The summed E-state index contributed by atoms with van der Waals surface area (Å²) in [6.07, 6.45) is 3.49. The largest absolute Gasteiger partial charge is 0.296 e. The lowest BCUT2D eigenvalue weighted by Crippen LogP contribution is -2.23. The van der Waals surface area contributed by atoms with Crippen molar-refractivity contribution >= 4 is 18.0 Å². The molecule has 1 aromatic heterocycles. The molecule has 0 bridgehead atoms. The molecule has 0 aliphatic heterocycles.